The molecule has 0 saturated heterocycles. The third-order valence-electron chi connectivity index (χ3n) is 2.95. The zero-order chi connectivity index (χ0) is 13.8. The van der Waals surface area contributed by atoms with Crippen molar-refractivity contribution in [3.63, 3.8) is 0 Å². The van der Waals surface area contributed by atoms with Gasteiger partial charge in [0.15, 0.2) is 0 Å². The van der Waals surface area contributed by atoms with Crippen molar-refractivity contribution in [2.45, 2.75) is 77.7 Å². The Labute approximate surface area is 110 Å². The fourth-order valence-electron chi connectivity index (χ4n) is 1.94. The lowest BCUT2D eigenvalue weighted by Gasteiger charge is -2.14. The summed E-state index contributed by atoms with van der Waals surface area (Å²) >= 11 is 0. The number of carboxylic acids is 1. The van der Waals surface area contributed by atoms with Gasteiger partial charge in [-0.1, -0.05) is 32.6 Å². The standard InChI is InChI=1S/C14H26O4/c1-3-13(18-12(2)15)10-8-6-4-5-7-9-11-14(16)17/h13H,3-11H2,1-2H3,(H,16,17). The molecular formula is C14H26O4. The molecule has 0 aromatic rings. The molecular weight excluding hydrogens is 232 g/mol. The van der Waals surface area contributed by atoms with Gasteiger partial charge in [-0.25, -0.2) is 0 Å². The molecule has 0 aromatic carbocycles. The zero-order valence-electron chi connectivity index (χ0n) is 11.6. The van der Waals surface area contributed by atoms with Crippen LogP contribution in [0.4, 0.5) is 0 Å². The molecule has 4 nitrogen and oxygen atoms in total. The number of aliphatic carboxylic acids is 1. The Kier molecular flexibility index (Phi) is 10.4. The maximum absolute atomic E-state index is 10.8. The summed E-state index contributed by atoms with van der Waals surface area (Å²) in [5.74, 6) is -0.905. The fraction of sp³-hybridized carbons (Fsp3) is 0.857. The van der Waals surface area contributed by atoms with Crippen LogP contribution in [0.2, 0.25) is 0 Å². The van der Waals surface area contributed by atoms with Gasteiger partial charge in [0.1, 0.15) is 6.10 Å². The van der Waals surface area contributed by atoms with Gasteiger partial charge in [-0.2, -0.15) is 0 Å². The van der Waals surface area contributed by atoms with Crippen molar-refractivity contribution in [3.05, 3.63) is 0 Å². The Balaban J connectivity index is 3.33. The number of hydrogen-bond acceptors (Lipinski definition) is 3. The van der Waals surface area contributed by atoms with E-state index in [9.17, 15) is 9.59 Å². The molecule has 1 atom stereocenters. The molecule has 0 radical (unpaired) electrons. The minimum absolute atomic E-state index is 0.0644. The predicted molar refractivity (Wildman–Crippen MR) is 70.4 cm³/mol. The summed E-state index contributed by atoms with van der Waals surface area (Å²) in [6.45, 7) is 3.48. The second-order valence-electron chi connectivity index (χ2n) is 4.69. The third kappa shape index (κ3) is 11.4. The van der Waals surface area contributed by atoms with Crippen molar-refractivity contribution in [2.75, 3.05) is 0 Å². The van der Waals surface area contributed by atoms with Crippen molar-refractivity contribution in [3.8, 4) is 0 Å². The van der Waals surface area contributed by atoms with Gasteiger partial charge in [-0.05, 0) is 25.7 Å². The van der Waals surface area contributed by atoms with Crippen LogP contribution >= 0.6 is 0 Å². The van der Waals surface area contributed by atoms with Crippen molar-refractivity contribution >= 4 is 11.9 Å². The van der Waals surface area contributed by atoms with Gasteiger partial charge in [0.2, 0.25) is 0 Å². The van der Waals surface area contributed by atoms with Crippen LogP contribution in [-0.2, 0) is 14.3 Å². The summed E-state index contributed by atoms with van der Waals surface area (Å²) in [5.41, 5.74) is 0. The number of rotatable bonds is 11. The molecule has 106 valence electrons. The van der Waals surface area contributed by atoms with E-state index in [1.807, 2.05) is 6.92 Å². The van der Waals surface area contributed by atoms with Gasteiger partial charge in [0.25, 0.3) is 0 Å². The zero-order valence-corrected chi connectivity index (χ0v) is 11.6. The molecule has 0 bridgehead atoms. The number of ether oxygens (including phenoxy) is 1. The molecule has 0 heterocycles. The van der Waals surface area contributed by atoms with Crippen molar-refractivity contribution in [1.82, 2.24) is 0 Å². The van der Waals surface area contributed by atoms with E-state index in [1.54, 1.807) is 0 Å². The lowest BCUT2D eigenvalue weighted by atomic mass is 10.1. The topological polar surface area (TPSA) is 63.6 Å². The largest absolute Gasteiger partial charge is 0.481 e. The summed E-state index contributed by atoms with van der Waals surface area (Å²) < 4.78 is 5.17. The summed E-state index contributed by atoms with van der Waals surface area (Å²) in [6.07, 6.45) is 8.36. The van der Waals surface area contributed by atoms with Crippen LogP contribution < -0.4 is 0 Å². The first-order valence-electron chi connectivity index (χ1n) is 6.95. The van der Waals surface area contributed by atoms with Gasteiger partial charge in [-0.15, -0.1) is 0 Å². The average molecular weight is 258 g/mol. The molecule has 0 amide bonds. The highest BCUT2D eigenvalue weighted by atomic mass is 16.5. The first-order valence-corrected chi connectivity index (χ1v) is 6.95. The fourth-order valence-corrected chi connectivity index (χ4v) is 1.94. The lowest BCUT2D eigenvalue weighted by Crippen LogP contribution is -2.14. The van der Waals surface area contributed by atoms with Gasteiger partial charge in [0, 0.05) is 13.3 Å². The van der Waals surface area contributed by atoms with E-state index >= 15 is 0 Å². The minimum atomic E-state index is -0.706. The Bertz CT molecular complexity index is 238. The molecule has 18 heavy (non-hydrogen) atoms. The van der Waals surface area contributed by atoms with E-state index < -0.39 is 5.97 Å². The number of carboxylic acid groups (broad SMARTS) is 1. The molecule has 0 saturated carbocycles. The van der Waals surface area contributed by atoms with Crippen LogP contribution in [0, 0.1) is 0 Å². The van der Waals surface area contributed by atoms with E-state index in [4.69, 9.17) is 9.84 Å². The SMILES string of the molecule is CCC(CCCCCCCCC(=O)O)OC(C)=O. The quantitative estimate of drug-likeness (QED) is 0.455. The molecule has 0 aliphatic carbocycles. The summed E-state index contributed by atoms with van der Waals surface area (Å²) in [6, 6.07) is 0. The first-order chi connectivity index (χ1) is 8.56. The molecule has 0 rings (SSSR count). The monoisotopic (exact) mass is 258 g/mol. The number of esters is 1. The summed E-state index contributed by atoms with van der Waals surface area (Å²) in [5, 5.41) is 8.47. The smallest absolute Gasteiger partial charge is 0.303 e. The van der Waals surface area contributed by atoms with E-state index in [0.717, 1.165) is 51.4 Å². The van der Waals surface area contributed by atoms with Crippen molar-refractivity contribution in [1.29, 1.82) is 0 Å². The van der Waals surface area contributed by atoms with Crippen LogP contribution in [0.15, 0.2) is 0 Å². The Hall–Kier alpha value is -1.06. The second kappa shape index (κ2) is 11.1. The van der Waals surface area contributed by atoms with Crippen molar-refractivity contribution in [2.24, 2.45) is 0 Å². The Morgan fingerprint density at radius 2 is 1.61 bits per heavy atom. The van der Waals surface area contributed by atoms with E-state index in [0.29, 0.717) is 0 Å². The van der Waals surface area contributed by atoms with Gasteiger partial charge >= 0.3 is 11.9 Å². The number of carbonyl (C=O) groups excluding carboxylic acids is 1. The van der Waals surface area contributed by atoms with Crippen LogP contribution in [0.25, 0.3) is 0 Å². The predicted octanol–water partition coefficient (Wildman–Crippen LogP) is 3.53. The highest BCUT2D eigenvalue weighted by Gasteiger charge is 2.08. The van der Waals surface area contributed by atoms with Crippen molar-refractivity contribution < 1.29 is 19.4 Å². The van der Waals surface area contributed by atoms with Crippen LogP contribution in [-0.4, -0.2) is 23.1 Å². The van der Waals surface area contributed by atoms with Gasteiger partial charge < -0.3 is 9.84 Å². The average Bonchev–Trinajstić information content (AvgIpc) is 2.30. The second-order valence-corrected chi connectivity index (χ2v) is 4.69. The van der Waals surface area contributed by atoms with E-state index in [-0.39, 0.29) is 18.5 Å². The molecule has 1 N–H and O–H groups in total. The first kappa shape index (κ1) is 16.9. The molecule has 0 aliphatic heterocycles. The molecule has 4 heteroatoms. The number of carbonyl (C=O) groups is 2. The lowest BCUT2D eigenvalue weighted by molar-refractivity contribution is -0.146. The molecule has 1 unspecified atom stereocenters. The maximum atomic E-state index is 10.8. The Morgan fingerprint density at radius 3 is 2.11 bits per heavy atom. The van der Waals surface area contributed by atoms with E-state index in [1.165, 1.54) is 6.92 Å². The Morgan fingerprint density at radius 1 is 1.06 bits per heavy atom. The molecule has 0 aromatic heterocycles. The van der Waals surface area contributed by atoms with Crippen LogP contribution in [0.3, 0.4) is 0 Å². The van der Waals surface area contributed by atoms with Gasteiger partial charge in [0.05, 0.1) is 0 Å². The van der Waals surface area contributed by atoms with Gasteiger partial charge in [-0.3, -0.25) is 9.59 Å². The third-order valence-corrected chi connectivity index (χ3v) is 2.95. The van der Waals surface area contributed by atoms with Crippen LogP contribution in [0.5, 0.6) is 0 Å². The number of unbranched alkanes of at least 4 members (excludes halogenated alkanes) is 5. The van der Waals surface area contributed by atoms with Crippen LogP contribution in [0.1, 0.15) is 71.6 Å². The highest BCUT2D eigenvalue weighted by Crippen LogP contribution is 2.13. The summed E-state index contributed by atoms with van der Waals surface area (Å²) in [4.78, 5) is 21.1. The maximum Gasteiger partial charge on any atom is 0.303 e. The normalized spacial score (nSPS) is 12.1. The number of hydrogen-bond donors (Lipinski definition) is 1. The summed E-state index contributed by atoms with van der Waals surface area (Å²) in [7, 11) is 0. The molecule has 0 fully saturated rings. The minimum Gasteiger partial charge on any atom is -0.481 e. The molecule has 0 aliphatic rings. The van der Waals surface area contributed by atoms with E-state index in [2.05, 4.69) is 0 Å². The highest BCUT2D eigenvalue weighted by molar-refractivity contribution is 5.66. The molecule has 0 spiro atoms.